The molecule has 0 N–H and O–H groups in total. The van der Waals surface area contributed by atoms with Crippen LogP contribution in [-0.2, 0) is 9.53 Å². The molecule has 2 fully saturated rings. The molecule has 0 bridgehead atoms. The molecule has 22 heavy (non-hydrogen) atoms. The first-order valence-corrected chi connectivity index (χ1v) is 8.07. The third-order valence-corrected chi connectivity index (χ3v) is 4.43. The van der Waals surface area contributed by atoms with Crippen LogP contribution < -0.4 is 4.90 Å². The first-order chi connectivity index (χ1) is 10.6. The van der Waals surface area contributed by atoms with Crippen LogP contribution in [0.1, 0.15) is 19.6 Å². The lowest BCUT2D eigenvalue weighted by Gasteiger charge is -2.26. The molecular formula is C15H18N2O4S. The molecule has 2 aliphatic rings. The predicted octanol–water partition coefficient (Wildman–Crippen LogP) is 2.56. The molecule has 7 heteroatoms. The van der Waals surface area contributed by atoms with Crippen LogP contribution in [0, 0.1) is 0 Å². The van der Waals surface area contributed by atoms with Gasteiger partial charge in [0, 0.05) is 31.3 Å². The van der Waals surface area contributed by atoms with E-state index in [0.29, 0.717) is 23.9 Å². The highest BCUT2D eigenvalue weighted by atomic mass is 32.2. The second-order valence-corrected chi connectivity index (χ2v) is 6.41. The Balaban J connectivity index is 1.77. The molecule has 2 aliphatic heterocycles. The van der Waals surface area contributed by atoms with Crippen molar-refractivity contribution in [2.24, 2.45) is 0 Å². The van der Waals surface area contributed by atoms with Gasteiger partial charge < -0.3 is 14.1 Å². The van der Waals surface area contributed by atoms with Crippen LogP contribution in [0.3, 0.4) is 0 Å². The van der Waals surface area contributed by atoms with Crippen LogP contribution in [0.15, 0.2) is 21.5 Å². The molecule has 0 aromatic carbocycles. The number of furan rings is 1. The molecule has 0 spiro atoms. The summed E-state index contributed by atoms with van der Waals surface area (Å²) in [5.74, 6) is 1.09. The maximum Gasteiger partial charge on any atom is 0.293 e. The Labute approximate surface area is 133 Å². The van der Waals surface area contributed by atoms with Crippen LogP contribution in [-0.4, -0.2) is 48.4 Å². The van der Waals surface area contributed by atoms with E-state index in [1.54, 1.807) is 6.08 Å². The number of imide groups is 1. The monoisotopic (exact) mass is 322 g/mol. The molecule has 0 aliphatic carbocycles. The fourth-order valence-corrected chi connectivity index (χ4v) is 3.37. The minimum Gasteiger partial charge on any atom is -0.441 e. The van der Waals surface area contributed by atoms with Gasteiger partial charge in [-0.05, 0) is 31.7 Å². The van der Waals surface area contributed by atoms with E-state index in [1.165, 1.54) is 4.90 Å². The number of anilines is 1. The van der Waals surface area contributed by atoms with Gasteiger partial charge in [0.2, 0.25) is 0 Å². The van der Waals surface area contributed by atoms with Crippen molar-refractivity contribution in [1.82, 2.24) is 4.90 Å². The van der Waals surface area contributed by atoms with Gasteiger partial charge >= 0.3 is 0 Å². The zero-order chi connectivity index (χ0) is 15.7. The van der Waals surface area contributed by atoms with Crippen LogP contribution in [0.4, 0.5) is 10.7 Å². The topological polar surface area (TPSA) is 63.0 Å². The van der Waals surface area contributed by atoms with Gasteiger partial charge in [-0.3, -0.25) is 14.5 Å². The van der Waals surface area contributed by atoms with Gasteiger partial charge in [-0.1, -0.05) is 0 Å². The highest BCUT2D eigenvalue weighted by Gasteiger charge is 2.36. The number of carbonyl (C=O) groups excluding carboxylic acids is 2. The van der Waals surface area contributed by atoms with E-state index in [9.17, 15) is 9.59 Å². The SMILES string of the molecule is CC(C)N1C(=O)S/C(=C\c2ccc(N3CCOCC3)o2)C1=O. The van der Waals surface area contributed by atoms with Gasteiger partial charge in [0.05, 0.1) is 18.1 Å². The summed E-state index contributed by atoms with van der Waals surface area (Å²) in [5.41, 5.74) is 0. The van der Waals surface area contributed by atoms with Crippen molar-refractivity contribution in [2.45, 2.75) is 19.9 Å². The van der Waals surface area contributed by atoms with Crippen LogP contribution in [0.2, 0.25) is 0 Å². The van der Waals surface area contributed by atoms with Crippen molar-refractivity contribution in [1.29, 1.82) is 0 Å². The maximum atomic E-state index is 12.2. The number of thioether (sulfide) groups is 1. The average molecular weight is 322 g/mol. The summed E-state index contributed by atoms with van der Waals surface area (Å²) in [4.78, 5) is 27.8. The zero-order valence-electron chi connectivity index (χ0n) is 12.6. The number of amides is 2. The molecule has 0 unspecified atom stereocenters. The molecule has 118 valence electrons. The summed E-state index contributed by atoms with van der Waals surface area (Å²) < 4.78 is 11.1. The normalized spacial score (nSPS) is 21.5. The Morgan fingerprint density at radius 3 is 2.59 bits per heavy atom. The van der Waals surface area contributed by atoms with Crippen molar-refractivity contribution in [2.75, 3.05) is 31.2 Å². The number of hydrogen-bond acceptors (Lipinski definition) is 6. The molecule has 1 aromatic heterocycles. The highest BCUT2D eigenvalue weighted by Crippen LogP contribution is 2.34. The number of carbonyl (C=O) groups is 2. The van der Waals surface area contributed by atoms with Crippen LogP contribution in [0.5, 0.6) is 0 Å². The second-order valence-electron chi connectivity index (χ2n) is 5.42. The lowest BCUT2D eigenvalue weighted by atomic mass is 10.3. The summed E-state index contributed by atoms with van der Waals surface area (Å²) in [6, 6.07) is 3.55. The third-order valence-electron chi connectivity index (χ3n) is 3.55. The molecule has 6 nitrogen and oxygen atoms in total. The smallest absolute Gasteiger partial charge is 0.293 e. The summed E-state index contributed by atoms with van der Waals surface area (Å²) in [6.07, 6.45) is 1.64. The minimum atomic E-state index is -0.255. The second kappa shape index (κ2) is 6.18. The van der Waals surface area contributed by atoms with Gasteiger partial charge in [-0.2, -0.15) is 0 Å². The molecule has 3 heterocycles. The van der Waals surface area contributed by atoms with E-state index in [4.69, 9.17) is 9.15 Å². The van der Waals surface area contributed by atoms with Crippen LogP contribution >= 0.6 is 11.8 Å². The lowest BCUT2D eigenvalue weighted by Crippen LogP contribution is -2.35. The highest BCUT2D eigenvalue weighted by molar-refractivity contribution is 8.18. The summed E-state index contributed by atoms with van der Waals surface area (Å²) >= 11 is 0.955. The van der Waals surface area contributed by atoms with Gasteiger partial charge in [0.25, 0.3) is 11.1 Å². The van der Waals surface area contributed by atoms with E-state index < -0.39 is 0 Å². The minimum absolute atomic E-state index is 0.140. The van der Waals surface area contributed by atoms with Gasteiger partial charge in [0.1, 0.15) is 5.76 Å². The number of rotatable bonds is 3. The standard InChI is InChI=1S/C15H18N2O4S/c1-10(2)17-14(18)12(22-15(17)19)9-11-3-4-13(21-11)16-5-7-20-8-6-16/h3-4,9-10H,5-8H2,1-2H3/b12-9-. The molecule has 0 radical (unpaired) electrons. The first kappa shape index (κ1) is 15.2. The van der Waals surface area contributed by atoms with E-state index in [1.807, 2.05) is 26.0 Å². The van der Waals surface area contributed by atoms with Crippen molar-refractivity contribution < 1.29 is 18.7 Å². The van der Waals surface area contributed by atoms with Gasteiger partial charge in [-0.25, -0.2) is 0 Å². The molecule has 2 saturated heterocycles. The molecule has 0 atom stereocenters. The average Bonchev–Trinajstić information content (AvgIpc) is 3.06. The summed E-state index contributed by atoms with van der Waals surface area (Å²) in [7, 11) is 0. The van der Waals surface area contributed by atoms with Crippen molar-refractivity contribution in [3.63, 3.8) is 0 Å². The Bertz CT molecular complexity index is 617. The number of nitrogens with zero attached hydrogens (tertiary/aromatic N) is 2. The van der Waals surface area contributed by atoms with Gasteiger partial charge in [-0.15, -0.1) is 0 Å². The van der Waals surface area contributed by atoms with E-state index in [2.05, 4.69) is 4.90 Å². The zero-order valence-corrected chi connectivity index (χ0v) is 13.4. The Morgan fingerprint density at radius 1 is 1.23 bits per heavy atom. The van der Waals surface area contributed by atoms with E-state index >= 15 is 0 Å². The number of morpholine rings is 1. The third kappa shape index (κ3) is 2.91. The molecule has 2 amide bonds. The van der Waals surface area contributed by atoms with Crippen molar-refractivity contribution in [3.05, 3.63) is 22.8 Å². The van der Waals surface area contributed by atoms with Gasteiger partial charge in [0.15, 0.2) is 5.88 Å². The first-order valence-electron chi connectivity index (χ1n) is 7.26. The molecule has 0 saturated carbocycles. The van der Waals surface area contributed by atoms with Crippen molar-refractivity contribution >= 4 is 34.9 Å². The predicted molar refractivity (Wildman–Crippen MR) is 84.7 cm³/mol. The Morgan fingerprint density at radius 2 is 1.95 bits per heavy atom. The fraction of sp³-hybridized carbons (Fsp3) is 0.467. The fourth-order valence-electron chi connectivity index (χ4n) is 2.43. The van der Waals surface area contributed by atoms with Crippen LogP contribution in [0.25, 0.3) is 6.08 Å². The van der Waals surface area contributed by atoms with Crippen molar-refractivity contribution in [3.8, 4) is 0 Å². The quantitative estimate of drug-likeness (QED) is 0.797. The Kier molecular flexibility index (Phi) is 4.26. The van der Waals surface area contributed by atoms with E-state index in [-0.39, 0.29) is 17.2 Å². The largest absolute Gasteiger partial charge is 0.441 e. The molecule has 1 aromatic rings. The number of ether oxygens (including phenoxy) is 1. The number of hydrogen-bond donors (Lipinski definition) is 0. The van der Waals surface area contributed by atoms with E-state index in [0.717, 1.165) is 30.7 Å². The summed E-state index contributed by atoms with van der Waals surface area (Å²) in [5, 5.41) is -0.230. The molecule has 3 rings (SSSR count). The lowest BCUT2D eigenvalue weighted by molar-refractivity contribution is -0.123. The Hall–Kier alpha value is -1.73. The molecular weight excluding hydrogens is 304 g/mol. The summed E-state index contributed by atoms with van der Waals surface area (Å²) in [6.45, 7) is 6.59. The maximum absolute atomic E-state index is 12.2.